The lowest BCUT2D eigenvalue weighted by molar-refractivity contribution is -0.115. The number of carbonyl (C=O) groups excluding carboxylic acids is 1. The van der Waals surface area contributed by atoms with Gasteiger partial charge in [0.05, 0.1) is 10.6 Å². The van der Waals surface area contributed by atoms with Gasteiger partial charge in [0.2, 0.25) is 0 Å². The lowest BCUT2D eigenvalue weighted by Gasteiger charge is -2.02. The lowest BCUT2D eigenvalue weighted by Crippen LogP contribution is -2.19. The summed E-state index contributed by atoms with van der Waals surface area (Å²) in [6.07, 6.45) is 1.74. The van der Waals surface area contributed by atoms with E-state index in [-0.39, 0.29) is 5.91 Å². The molecule has 1 heterocycles. The maximum atomic E-state index is 12.1. The SMILES string of the molecule is Cc1ccc(N=C2NC(=O)/C(=C/c3ccc(Cl)cc3Cl)S2)c(C)c1. The summed E-state index contributed by atoms with van der Waals surface area (Å²) in [5, 5.41) is 4.40. The molecule has 0 spiro atoms. The summed E-state index contributed by atoms with van der Waals surface area (Å²) in [6, 6.07) is 11.2. The van der Waals surface area contributed by atoms with Crippen molar-refractivity contribution in [3.63, 3.8) is 0 Å². The highest BCUT2D eigenvalue weighted by Gasteiger charge is 2.24. The van der Waals surface area contributed by atoms with Crippen molar-refractivity contribution in [2.75, 3.05) is 0 Å². The van der Waals surface area contributed by atoms with E-state index in [4.69, 9.17) is 23.2 Å². The van der Waals surface area contributed by atoms with Crippen molar-refractivity contribution in [3.05, 3.63) is 68.0 Å². The van der Waals surface area contributed by atoms with Crippen LogP contribution in [0.3, 0.4) is 0 Å². The average molecular weight is 377 g/mol. The third kappa shape index (κ3) is 3.83. The van der Waals surface area contributed by atoms with Crippen LogP contribution in [0, 0.1) is 13.8 Å². The van der Waals surface area contributed by atoms with Crippen LogP contribution in [0.15, 0.2) is 46.3 Å². The number of nitrogens with one attached hydrogen (secondary N) is 1. The summed E-state index contributed by atoms with van der Waals surface area (Å²) >= 11 is 13.3. The van der Waals surface area contributed by atoms with Gasteiger partial charge in [0.1, 0.15) is 0 Å². The van der Waals surface area contributed by atoms with Gasteiger partial charge in [-0.2, -0.15) is 0 Å². The zero-order chi connectivity index (χ0) is 17.3. The molecule has 2 aromatic carbocycles. The zero-order valence-corrected chi connectivity index (χ0v) is 15.4. The Morgan fingerprint density at radius 2 is 1.92 bits per heavy atom. The van der Waals surface area contributed by atoms with Crippen LogP contribution in [0.2, 0.25) is 10.0 Å². The van der Waals surface area contributed by atoms with Gasteiger partial charge >= 0.3 is 0 Å². The van der Waals surface area contributed by atoms with Crippen LogP contribution in [0.25, 0.3) is 6.08 Å². The standard InChI is InChI=1S/C18H14Cl2N2OS/c1-10-3-6-15(11(2)7-10)21-18-22-17(23)16(24-18)8-12-4-5-13(19)9-14(12)20/h3-9H,1-2H3,(H,21,22,23)/b16-8-. The number of hydrogen-bond acceptors (Lipinski definition) is 3. The van der Waals surface area contributed by atoms with E-state index >= 15 is 0 Å². The Kier molecular flexibility index (Phi) is 4.99. The molecule has 3 rings (SSSR count). The molecule has 0 aromatic heterocycles. The van der Waals surface area contributed by atoms with E-state index in [2.05, 4.69) is 16.4 Å². The molecule has 6 heteroatoms. The van der Waals surface area contributed by atoms with Gasteiger partial charge in [-0.15, -0.1) is 0 Å². The number of halogens is 2. The van der Waals surface area contributed by atoms with Gasteiger partial charge < -0.3 is 5.32 Å². The molecule has 0 aliphatic carbocycles. The molecule has 1 aliphatic rings. The Balaban J connectivity index is 1.88. The minimum Gasteiger partial charge on any atom is -0.300 e. The number of benzene rings is 2. The van der Waals surface area contributed by atoms with E-state index in [9.17, 15) is 4.79 Å². The quantitative estimate of drug-likeness (QED) is 0.702. The highest BCUT2D eigenvalue weighted by atomic mass is 35.5. The molecule has 1 fully saturated rings. The van der Waals surface area contributed by atoms with E-state index in [1.54, 1.807) is 24.3 Å². The average Bonchev–Trinajstić information content (AvgIpc) is 2.85. The first-order chi connectivity index (χ1) is 11.4. The first-order valence-electron chi connectivity index (χ1n) is 7.24. The second kappa shape index (κ2) is 7.01. The van der Waals surface area contributed by atoms with E-state index in [1.165, 1.54) is 17.3 Å². The number of nitrogens with zero attached hydrogens (tertiary/aromatic N) is 1. The van der Waals surface area contributed by atoms with Crippen molar-refractivity contribution in [3.8, 4) is 0 Å². The highest BCUT2D eigenvalue weighted by Crippen LogP contribution is 2.31. The Hall–Kier alpha value is -1.75. The fraction of sp³-hybridized carbons (Fsp3) is 0.111. The fourth-order valence-electron chi connectivity index (χ4n) is 2.28. The Morgan fingerprint density at radius 1 is 1.12 bits per heavy atom. The number of aryl methyl sites for hydroxylation is 2. The van der Waals surface area contributed by atoms with Crippen LogP contribution >= 0.6 is 35.0 Å². The molecule has 1 saturated heterocycles. The normalized spacial score (nSPS) is 17.6. The third-order valence-corrected chi connectivity index (χ3v) is 4.95. The van der Waals surface area contributed by atoms with Crippen molar-refractivity contribution < 1.29 is 4.79 Å². The van der Waals surface area contributed by atoms with Gasteiger partial charge in [0, 0.05) is 10.0 Å². The van der Waals surface area contributed by atoms with Gasteiger partial charge in [0.25, 0.3) is 5.91 Å². The monoisotopic (exact) mass is 376 g/mol. The van der Waals surface area contributed by atoms with Crippen LogP contribution in [-0.4, -0.2) is 11.1 Å². The van der Waals surface area contributed by atoms with E-state index in [0.717, 1.165) is 16.8 Å². The molecule has 122 valence electrons. The van der Waals surface area contributed by atoms with Crippen LogP contribution in [0.1, 0.15) is 16.7 Å². The topological polar surface area (TPSA) is 41.5 Å². The molecule has 1 aliphatic heterocycles. The smallest absolute Gasteiger partial charge is 0.264 e. The Morgan fingerprint density at radius 3 is 2.62 bits per heavy atom. The minimum absolute atomic E-state index is 0.186. The molecule has 3 nitrogen and oxygen atoms in total. The van der Waals surface area contributed by atoms with Gasteiger partial charge in [0.15, 0.2) is 5.17 Å². The number of amidine groups is 1. The zero-order valence-electron chi connectivity index (χ0n) is 13.1. The summed E-state index contributed by atoms with van der Waals surface area (Å²) in [4.78, 5) is 17.2. The van der Waals surface area contributed by atoms with Crippen LogP contribution < -0.4 is 5.32 Å². The Bertz CT molecular complexity index is 891. The molecule has 0 atom stereocenters. The molecule has 0 saturated carbocycles. The maximum absolute atomic E-state index is 12.1. The van der Waals surface area contributed by atoms with E-state index in [1.807, 2.05) is 26.0 Å². The predicted octanol–water partition coefficient (Wildman–Crippen LogP) is 5.50. The molecule has 0 unspecified atom stereocenters. The van der Waals surface area contributed by atoms with Gasteiger partial charge in [-0.05, 0) is 61.0 Å². The van der Waals surface area contributed by atoms with Crippen molar-refractivity contribution in [2.45, 2.75) is 13.8 Å². The third-order valence-electron chi connectivity index (χ3n) is 3.47. The lowest BCUT2D eigenvalue weighted by atomic mass is 10.1. The maximum Gasteiger partial charge on any atom is 0.264 e. The summed E-state index contributed by atoms with van der Waals surface area (Å²) in [5.41, 5.74) is 3.83. The number of thioether (sulfide) groups is 1. The van der Waals surface area contributed by atoms with Crippen molar-refractivity contribution >= 4 is 57.8 Å². The molecule has 1 amide bonds. The van der Waals surface area contributed by atoms with Crippen molar-refractivity contribution in [2.24, 2.45) is 4.99 Å². The summed E-state index contributed by atoms with van der Waals surface area (Å²) in [6.45, 7) is 4.03. The number of rotatable bonds is 2. The second-order valence-corrected chi connectivity index (χ2v) is 7.31. The summed E-state index contributed by atoms with van der Waals surface area (Å²) in [5.74, 6) is -0.186. The van der Waals surface area contributed by atoms with Crippen LogP contribution in [-0.2, 0) is 4.79 Å². The van der Waals surface area contributed by atoms with E-state index in [0.29, 0.717) is 20.1 Å². The molecular formula is C18H14Cl2N2OS. The first kappa shape index (κ1) is 17.1. The highest BCUT2D eigenvalue weighted by molar-refractivity contribution is 8.18. The Labute approximate surface area is 154 Å². The first-order valence-corrected chi connectivity index (χ1v) is 8.81. The minimum atomic E-state index is -0.186. The van der Waals surface area contributed by atoms with Gasteiger partial charge in [-0.3, -0.25) is 4.79 Å². The predicted molar refractivity (Wildman–Crippen MR) is 103 cm³/mol. The largest absolute Gasteiger partial charge is 0.300 e. The number of aliphatic imine (C=N–C) groups is 1. The van der Waals surface area contributed by atoms with Gasteiger partial charge in [-0.25, -0.2) is 4.99 Å². The van der Waals surface area contributed by atoms with Crippen LogP contribution in [0.5, 0.6) is 0 Å². The van der Waals surface area contributed by atoms with Crippen molar-refractivity contribution in [1.82, 2.24) is 5.32 Å². The molecule has 24 heavy (non-hydrogen) atoms. The molecule has 0 bridgehead atoms. The molecule has 2 aromatic rings. The van der Waals surface area contributed by atoms with E-state index < -0.39 is 0 Å². The molecular weight excluding hydrogens is 363 g/mol. The van der Waals surface area contributed by atoms with Gasteiger partial charge in [-0.1, -0.05) is 47.0 Å². The number of carbonyl (C=O) groups is 1. The number of amides is 1. The summed E-state index contributed by atoms with van der Waals surface area (Å²) < 4.78 is 0. The summed E-state index contributed by atoms with van der Waals surface area (Å²) in [7, 11) is 0. The fourth-order valence-corrected chi connectivity index (χ4v) is 3.57. The van der Waals surface area contributed by atoms with Crippen LogP contribution in [0.4, 0.5) is 5.69 Å². The number of hydrogen-bond donors (Lipinski definition) is 1. The molecule has 1 N–H and O–H groups in total. The molecule has 0 radical (unpaired) electrons. The second-order valence-electron chi connectivity index (χ2n) is 5.44. The van der Waals surface area contributed by atoms with Crippen molar-refractivity contribution in [1.29, 1.82) is 0 Å².